The van der Waals surface area contributed by atoms with E-state index in [2.05, 4.69) is 100 Å². The minimum atomic E-state index is -0.156. The molecule has 0 fully saturated rings. The molecule has 0 atom stereocenters. The van der Waals surface area contributed by atoms with Crippen LogP contribution in [0.4, 0.5) is 8.78 Å². The average Bonchev–Trinajstić information content (AvgIpc) is 3.13. The Morgan fingerprint density at radius 1 is 0.302 bits per heavy atom. The van der Waals surface area contributed by atoms with Crippen molar-refractivity contribution in [3.63, 3.8) is 0 Å². The van der Waals surface area contributed by atoms with Gasteiger partial charge in [-0.3, -0.25) is 0 Å². The van der Waals surface area contributed by atoms with E-state index in [4.69, 9.17) is 0 Å². The normalized spacial score (nSPS) is 11.3. The zero-order valence-electron chi connectivity index (χ0n) is 32.5. The van der Waals surface area contributed by atoms with Crippen molar-refractivity contribution in [3.05, 3.63) is 165 Å². The lowest BCUT2D eigenvalue weighted by Gasteiger charge is -2.14. The topological polar surface area (TPSA) is 0 Å². The van der Waals surface area contributed by atoms with E-state index in [1.165, 1.54) is 112 Å². The lowest BCUT2D eigenvalue weighted by atomic mass is 9.90. The molecule has 0 aliphatic carbocycles. The molecule has 6 aromatic rings. The first-order chi connectivity index (χ1) is 25.6. The number of unbranched alkanes of at least 4 members (excludes halogenated alkanes) is 6. The average molecular weight is 705 g/mol. The third kappa shape index (κ3) is 9.41. The van der Waals surface area contributed by atoms with Crippen LogP contribution < -0.4 is 0 Å². The fourth-order valence-electron chi connectivity index (χ4n) is 8.04. The lowest BCUT2D eigenvalue weighted by Crippen LogP contribution is -1.93. The van der Waals surface area contributed by atoms with Crippen molar-refractivity contribution in [3.8, 4) is 44.5 Å². The summed E-state index contributed by atoms with van der Waals surface area (Å²) in [4.78, 5) is 0. The summed E-state index contributed by atoms with van der Waals surface area (Å²) in [6.45, 7) is 12.3. The Hall–Kier alpha value is -4.82. The van der Waals surface area contributed by atoms with Crippen LogP contribution >= 0.6 is 0 Å². The Morgan fingerprint density at radius 3 is 0.906 bits per heavy atom. The summed E-state index contributed by atoms with van der Waals surface area (Å²) in [5, 5.41) is 0. The van der Waals surface area contributed by atoms with Crippen molar-refractivity contribution >= 4 is 0 Å². The Morgan fingerprint density at radius 2 is 0.585 bits per heavy atom. The standard InChI is InChI=1S/C51H54F2/c1-34-28-44(24-26-48(34)52)50-36(3)30-46(31-37(50)4)42-20-16-40(17-21-42)14-12-10-8-7-9-11-13-15-41-18-22-43(23-19-41)47-32-38(5)51(39(6)33-47)45-25-27-49(53)35(2)29-45/h16-33H,7-15H2,1-6H3. The van der Waals surface area contributed by atoms with Crippen molar-refractivity contribution < 1.29 is 8.78 Å². The molecule has 6 aromatic carbocycles. The van der Waals surface area contributed by atoms with Crippen LogP contribution in [0.3, 0.4) is 0 Å². The lowest BCUT2D eigenvalue weighted by molar-refractivity contribution is 0.579. The van der Waals surface area contributed by atoms with Crippen LogP contribution in [0, 0.1) is 53.2 Å². The largest absolute Gasteiger partial charge is 0.207 e. The van der Waals surface area contributed by atoms with Crippen LogP contribution in [0.15, 0.2) is 109 Å². The molecular formula is C51H54F2. The first-order valence-electron chi connectivity index (χ1n) is 19.5. The second kappa shape index (κ2) is 17.3. The highest BCUT2D eigenvalue weighted by Crippen LogP contribution is 2.35. The molecule has 0 bridgehead atoms. The van der Waals surface area contributed by atoms with Crippen molar-refractivity contribution in [2.24, 2.45) is 0 Å². The Labute approximate surface area is 317 Å². The quantitative estimate of drug-likeness (QED) is 0.0990. The second-order valence-corrected chi connectivity index (χ2v) is 15.3. The summed E-state index contributed by atoms with van der Waals surface area (Å²) in [5.74, 6) is -0.312. The first-order valence-corrected chi connectivity index (χ1v) is 19.5. The van der Waals surface area contributed by atoms with Gasteiger partial charge in [0.1, 0.15) is 11.6 Å². The van der Waals surface area contributed by atoms with E-state index in [1.54, 1.807) is 12.1 Å². The van der Waals surface area contributed by atoms with Gasteiger partial charge in [-0.2, -0.15) is 0 Å². The molecule has 0 aromatic heterocycles. The molecule has 0 aliphatic rings. The summed E-state index contributed by atoms with van der Waals surface area (Å²) in [6.07, 6.45) is 11.3. The van der Waals surface area contributed by atoms with Gasteiger partial charge in [0, 0.05) is 0 Å². The minimum absolute atomic E-state index is 0.156. The van der Waals surface area contributed by atoms with Crippen molar-refractivity contribution in [2.45, 2.75) is 99.3 Å². The molecule has 0 nitrogen and oxygen atoms in total. The van der Waals surface area contributed by atoms with Gasteiger partial charge in [0.15, 0.2) is 0 Å². The van der Waals surface area contributed by atoms with Gasteiger partial charge in [-0.1, -0.05) is 117 Å². The summed E-state index contributed by atoms with van der Waals surface area (Å²) < 4.78 is 27.7. The van der Waals surface area contributed by atoms with Crippen LogP contribution in [0.25, 0.3) is 44.5 Å². The summed E-state index contributed by atoms with van der Waals surface area (Å²) in [6, 6.07) is 38.0. The summed E-state index contributed by atoms with van der Waals surface area (Å²) in [7, 11) is 0. The van der Waals surface area contributed by atoms with Gasteiger partial charge in [0.2, 0.25) is 0 Å². The maximum absolute atomic E-state index is 13.9. The fraction of sp³-hybridized carbons (Fsp3) is 0.294. The van der Waals surface area contributed by atoms with E-state index >= 15 is 0 Å². The molecule has 0 saturated carbocycles. The maximum atomic E-state index is 13.9. The highest BCUT2D eigenvalue weighted by atomic mass is 19.1. The van der Waals surface area contributed by atoms with Crippen molar-refractivity contribution in [1.82, 2.24) is 0 Å². The number of hydrogen-bond acceptors (Lipinski definition) is 0. The third-order valence-electron chi connectivity index (χ3n) is 11.0. The Kier molecular flexibility index (Phi) is 12.4. The van der Waals surface area contributed by atoms with Crippen LogP contribution in [0.1, 0.15) is 89.5 Å². The van der Waals surface area contributed by atoms with E-state index in [1.807, 2.05) is 38.1 Å². The molecule has 0 amide bonds. The zero-order valence-corrected chi connectivity index (χ0v) is 32.5. The van der Waals surface area contributed by atoms with Crippen LogP contribution in [0.2, 0.25) is 0 Å². The molecule has 0 heterocycles. The fourth-order valence-corrected chi connectivity index (χ4v) is 8.04. The summed E-state index contributed by atoms with van der Waals surface area (Å²) in [5.41, 5.74) is 18.5. The van der Waals surface area contributed by atoms with E-state index in [0.29, 0.717) is 11.1 Å². The minimum Gasteiger partial charge on any atom is -0.207 e. The SMILES string of the molecule is Cc1cc(-c2c(C)cc(-c3ccc(CCCCCCCCCc4ccc(-c5cc(C)c(-c6ccc(F)c(C)c6)c(C)c5)cc4)cc3)cc2C)ccc1F. The highest BCUT2D eigenvalue weighted by molar-refractivity contribution is 5.78. The molecule has 0 N–H and O–H groups in total. The number of rotatable bonds is 14. The number of halogens is 2. The van der Waals surface area contributed by atoms with Crippen LogP contribution in [0.5, 0.6) is 0 Å². The predicted octanol–water partition coefficient (Wildman–Crippen LogP) is 15.0. The second-order valence-electron chi connectivity index (χ2n) is 15.3. The van der Waals surface area contributed by atoms with Gasteiger partial charge in [0.05, 0.1) is 0 Å². The molecule has 0 radical (unpaired) electrons. The molecular weight excluding hydrogens is 651 g/mol. The van der Waals surface area contributed by atoms with Gasteiger partial charge >= 0.3 is 0 Å². The molecule has 0 saturated heterocycles. The molecule has 2 heteroatoms. The first kappa shape index (κ1) is 37.9. The van der Waals surface area contributed by atoms with Gasteiger partial charge in [0.25, 0.3) is 0 Å². The van der Waals surface area contributed by atoms with E-state index in [0.717, 1.165) is 24.0 Å². The van der Waals surface area contributed by atoms with Gasteiger partial charge in [-0.05, 0) is 181 Å². The smallest absolute Gasteiger partial charge is 0.126 e. The van der Waals surface area contributed by atoms with Crippen LogP contribution in [-0.4, -0.2) is 0 Å². The molecule has 6 rings (SSSR count). The van der Waals surface area contributed by atoms with Crippen molar-refractivity contribution in [1.29, 1.82) is 0 Å². The number of benzene rings is 6. The zero-order chi connectivity index (χ0) is 37.5. The van der Waals surface area contributed by atoms with Gasteiger partial charge < -0.3 is 0 Å². The van der Waals surface area contributed by atoms with Crippen LogP contribution in [-0.2, 0) is 12.8 Å². The molecule has 53 heavy (non-hydrogen) atoms. The monoisotopic (exact) mass is 704 g/mol. The van der Waals surface area contributed by atoms with E-state index in [9.17, 15) is 8.78 Å². The Bertz CT molecular complexity index is 1970. The van der Waals surface area contributed by atoms with Gasteiger partial charge in [-0.15, -0.1) is 0 Å². The maximum Gasteiger partial charge on any atom is 0.126 e. The molecule has 0 spiro atoms. The predicted molar refractivity (Wildman–Crippen MR) is 223 cm³/mol. The van der Waals surface area contributed by atoms with E-state index in [-0.39, 0.29) is 11.6 Å². The van der Waals surface area contributed by atoms with Crippen molar-refractivity contribution in [2.75, 3.05) is 0 Å². The van der Waals surface area contributed by atoms with E-state index < -0.39 is 0 Å². The third-order valence-corrected chi connectivity index (χ3v) is 11.0. The molecule has 272 valence electrons. The Balaban J connectivity index is 0.892. The number of aryl methyl sites for hydroxylation is 8. The highest BCUT2D eigenvalue weighted by Gasteiger charge is 2.12. The van der Waals surface area contributed by atoms with Gasteiger partial charge in [-0.25, -0.2) is 8.78 Å². The summed E-state index contributed by atoms with van der Waals surface area (Å²) >= 11 is 0. The molecule has 0 unspecified atom stereocenters. The number of hydrogen-bond donors (Lipinski definition) is 0. The molecule has 0 aliphatic heterocycles.